The molecule has 3 aromatic heterocycles. The molecule has 3 nitrogen and oxygen atoms in total. The second-order valence-corrected chi connectivity index (χ2v) is 9.70. The number of allylic oxidation sites excluding steroid dienone is 1. The number of hydrogen-bond acceptors (Lipinski definition) is 3. The van der Waals surface area contributed by atoms with Crippen molar-refractivity contribution in [2.75, 3.05) is 0 Å². The molecular formula is C26H31F3N2OS. The summed E-state index contributed by atoms with van der Waals surface area (Å²) in [7, 11) is 0. The summed E-state index contributed by atoms with van der Waals surface area (Å²) < 4.78 is 42.6. The Morgan fingerprint density at radius 3 is 2.58 bits per heavy atom. The Hall–Kier alpha value is -2.41. The average molecular weight is 477 g/mol. The monoisotopic (exact) mass is 476 g/mol. The van der Waals surface area contributed by atoms with Gasteiger partial charge in [0.2, 0.25) is 0 Å². The minimum absolute atomic E-state index is 0.000907. The molecule has 0 amide bonds. The molecule has 7 heteroatoms. The van der Waals surface area contributed by atoms with Crippen LogP contribution in [-0.2, 0) is 17.4 Å². The normalized spacial score (nSPS) is 13.9. The van der Waals surface area contributed by atoms with Gasteiger partial charge < -0.3 is 4.40 Å². The Balaban J connectivity index is 1.77. The van der Waals surface area contributed by atoms with E-state index in [-0.39, 0.29) is 23.8 Å². The summed E-state index contributed by atoms with van der Waals surface area (Å²) in [6, 6.07) is 2.92. The highest BCUT2D eigenvalue weighted by Crippen LogP contribution is 2.36. The Morgan fingerprint density at radius 2 is 1.97 bits per heavy atom. The van der Waals surface area contributed by atoms with Crippen molar-refractivity contribution in [2.24, 2.45) is 11.8 Å². The van der Waals surface area contributed by atoms with Crippen molar-refractivity contribution in [3.8, 4) is 11.1 Å². The summed E-state index contributed by atoms with van der Waals surface area (Å²) in [6.07, 6.45) is 3.65. The van der Waals surface area contributed by atoms with Crippen LogP contribution >= 0.6 is 11.3 Å². The predicted molar refractivity (Wildman–Crippen MR) is 128 cm³/mol. The van der Waals surface area contributed by atoms with Gasteiger partial charge in [-0.25, -0.2) is 4.98 Å². The number of nitrogens with zero attached hydrogens (tertiary/aromatic N) is 2. The number of carbonyl (C=O) groups excluding carboxylic acids is 1. The highest BCUT2D eigenvalue weighted by molar-refractivity contribution is 7.08. The summed E-state index contributed by atoms with van der Waals surface area (Å²) in [6.45, 7) is 10.2. The third-order valence-electron chi connectivity index (χ3n) is 6.22. The Bertz CT molecular complexity index is 1100. The van der Waals surface area contributed by atoms with Crippen LogP contribution in [0.5, 0.6) is 0 Å². The quantitative estimate of drug-likeness (QED) is 0.263. The van der Waals surface area contributed by atoms with E-state index >= 15 is 0 Å². The van der Waals surface area contributed by atoms with Crippen molar-refractivity contribution in [1.82, 2.24) is 9.38 Å². The van der Waals surface area contributed by atoms with E-state index in [1.807, 2.05) is 24.6 Å². The molecule has 178 valence electrons. The van der Waals surface area contributed by atoms with Crippen molar-refractivity contribution in [2.45, 2.75) is 65.5 Å². The van der Waals surface area contributed by atoms with Gasteiger partial charge in [-0.1, -0.05) is 38.8 Å². The van der Waals surface area contributed by atoms with Crippen LogP contribution in [0.2, 0.25) is 0 Å². The van der Waals surface area contributed by atoms with E-state index < -0.39 is 11.7 Å². The molecule has 0 aromatic carbocycles. The first-order chi connectivity index (χ1) is 15.6. The third-order valence-corrected chi connectivity index (χ3v) is 6.90. The molecule has 0 spiro atoms. The van der Waals surface area contributed by atoms with E-state index in [2.05, 4.69) is 18.5 Å². The first-order valence-electron chi connectivity index (χ1n) is 11.4. The van der Waals surface area contributed by atoms with Crippen molar-refractivity contribution in [1.29, 1.82) is 0 Å². The number of unbranched alkanes of at least 4 members (excludes halogenated alkanes) is 1. The molecule has 0 bridgehead atoms. The number of carbonyl (C=O) groups is 1. The van der Waals surface area contributed by atoms with Crippen molar-refractivity contribution in [3.63, 3.8) is 0 Å². The lowest BCUT2D eigenvalue weighted by atomic mass is 9.86. The van der Waals surface area contributed by atoms with Crippen LogP contribution in [0.4, 0.5) is 13.2 Å². The van der Waals surface area contributed by atoms with Gasteiger partial charge in [0, 0.05) is 18.3 Å². The number of pyridine rings is 1. The summed E-state index contributed by atoms with van der Waals surface area (Å²) in [5.74, 6) is 0.225. The highest BCUT2D eigenvalue weighted by atomic mass is 32.1. The van der Waals surface area contributed by atoms with Crippen molar-refractivity contribution in [3.05, 3.63) is 58.7 Å². The van der Waals surface area contributed by atoms with Gasteiger partial charge in [-0.3, -0.25) is 4.79 Å². The molecule has 3 aromatic rings. The first-order valence-corrected chi connectivity index (χ1v) is 12.3. The maximum Gasteiger partial charge on any atom is 0.420 e. The molecule has 0 saturated heterocycles. The zero-order valence-corrected chi connectivity index (χ0v) is 20.2. The van der Waals surface area contributed by atoms with E-state index in [1.54, 1.807) is 18.5 Å². The number of hydrogen-bond donors (Lipinski definition) is 0. The Labute approximate surface area is 197 Å². The number of rotatable bonds is 11. The first kappa shape index (κ1) is 25.2. The van der Waals surface area contributed by atoms with Crippen LogP contribution in [0.25, 0.3) is 16.8 Å². The zero-order chi connectivity index (χ0) is 24.2. The molecule has 0 aliphatic carbocycles. The molecule has 0 aliphatic rings. The largest absolute Gasteiger partial charge is 0.420 e. The van der Waals surface area contributed by atoms with Crippen molar-refractivity contribution >= 4 is 22.8 Å². The van der Waals surface area contributed by atoms with Gasteiger partial charge in [0.15, 0.2) is 0 Å². The number of imidazole rings is 1. The van der Waals surface area contributed by atoms with E-state index in [0.29, 0.717) is 17.2 Å². The lowest BCUT2D eigenvalue weighted by Gasteiger charge is -2.18. The van der Waals surface area contributed by atoms with Gasteiger partial charge in [0.25, 0.3) is 0 Å². The molecule has 3 rings (SSSR count). The lowest BCUT2D eigenvalue weighted by molar-refractivity contribution is -0.136. The zero-order valence-electron chi connectivity index (χ0n) is 19.4. The van der Waals surface area contributed by atoms with Crippen molar-refractivity contribution < 1.29 is 18.0 Å². The molecular weight excluding hydrogens is 445 g/mol. The Morgan fingerprint density at radius 1 is 1.21 bits per heavy atom. The van der Waals surface area contributed by atoms with E-state index in [0.717, 1.165) is 49.3 Å². The van der Waals surface area contributed by atoms with Crippen LogP contribution in [0.3, 0.4) is 0 Å². The van der Waals surface area contributed by atoms with Crippen LogP contribution < -0.4 is 0 Å². The van der Waals surface area contributed by atoms with Gasteiger partial charge in [0.05, 0.1) is 17.7 Å². The molecule has 0 N–H and O–H groups in total. The van der Waals surface area contributed by atoms with Gasteiger partial charge in [-0.15, -0.1) is 0 Å². The summed E-state index contributed by atoms with van der Waals surface area (Å²) >= 11 is 1.43. The van der Waals surface area contributed by atoms with E-state index in [1.165, 1.54) is 15.7 Å². The SMILES string of the molecule is C=C(C)C(CCCC)CCC(C)C(=O)Cc1cn2cc(-c3ccsc3)cc(C(F)(F)F)c2n1. The summed E-state index contributed by atoms with van der Waals surface area (Å²) in [5, 5.41) is 3.63. The van der Waals surface area contributed by atoms with Gasteiger partial charge in [-0.05, 0) is 66.1 Å². The smallest absolute Gasteiger partial charge is 0.306 e. The van der Waals surface area contributed by atoms with Crippen LogP contribution in [0.1, 0.15) is 64.1 Å². The predicted octanol–water partition coefficient (Wildman–Crippen LogP) is 7.99. The molecule has 2 atom stereocenters. The number of Topliss-reactive ketones (excluding diaryl/α,β-unsaturated/α-hetero) is 1. The highest BCUT2D eigenvalue weighted by Gasteiger charge is 2.35. The number of thiophene rings is 1. The number of fused-ring (bicyclic) bond motifs is 1. The fourth-order valence-electron chi connectivity index (χ4n) is 4.08. The molecule has 0 saturated carbocycles. The minimum atomic E-state index is -4.54. The molecule has 0 radical (unpaired) electrons. The third kappa shape index (κ3) is 6.34. The topological polar surface area (TPSA) is 34.4 Å². The van der Waals surface area contributed by atoms with Gasteiger partial charge in [-0.2, -0.15) is 24.5 Å². The number of aromatic nitrogens is 2. The van der Waals surface area contributed by atoms with Crippen LogP contribution in [0, 0.1) is 11.8 Å². The molecule has 2 unspecified atom stereocenters. The Kier molecular flexibility index (Phi) is 8.16. The maximum atomic E-state index is 13.7. The standard InChI is InChI=1S/C26H31F3N2OS/c1-5-6-7-19(17(2)3)9-8-18(4)24(32)13-22-15-31-14-21(20-10-11-33-16-20)12-23(25(31)30-22)26(27,28)29/h10-12,14-16,18-19H,2,5-9,13H2,1,3-4H3. The number of ketones is 1. The fourth-order valence-corrected chi connectivity index (χ4v) is 4.75. The molecule has 0 fully saturated rings. The number of alkyl halides is 3. The summed E-state index contributed by atoms with van der Waals surface area (Å²) in [4.78, 5) is 17.0. The van der Waals surface area contributed by atoms with Crippen LogP contribution in [0.15, 0.2) is 47.4 Å². The second kappa shape index (κ2) is 10.7. The lowest BCUT2D eigenvalue weighted by Crippen LogP contribution is -2.16. The van der Waals surface area contributed by atoms with Gasteiger partial charge >= 0.3 is 6.18 Å². The minimum Gasteiger partial charge on any atom is -0.306 e. The van der Waals surface area contributed by atoms with Crippen LogP contribution in [-0.4, -0.2) is 15.2 Å². The van der Waals surface area contributed by atoms with E-state index in [9.17, 15) is 18.0 Å². The van der Waals surface area contributed by atoms with E-state index in [4.69, 9.17) is 0 Å². The molecule has 3 heterocycles. The maximum absolute atomic E-state index is 13.7. The van der Waals surface area contributed by atoms with Gasteiger partial charge in [0.1, 0.15) is 11.4 Å². The molecule has 0 aliphatic heterocycles. The summed E-state index contributed by atoms with van der Waals surface area (Å²) in [5.41, 5.74) is 1.74. The number of halogens is 3. The molecule has 33 heavy (non-hydrogen) atoms. The fraction of sp³-hybridized carbons (Fsp3) is 0.462. The average Bonchev–Trinajstić information content (AvgIpc) is 3.41. The second-order valence-electron chi connectivity index (χ2n) is 8.92.